The second-order valence-corrected chi connectivity index (χ2v) is 7.51. The fraction of sp³-hybridized carbons (Fsp3) is 0.529. The van der Waals surface area contributed by atoms with Crippen molar-refractivity contribution >= 4 is 28.8 Å². The number of thiazole rings is 1. The Morgan fingerprint density at radius 3 is 2.88 bits per heavy atom. The molecule has 1 fully saturated rings. The summed E-state index contributed by atoms with van der Waals surface area (Å²) in [5.74, 6) is 1.09. The van der Waals surface area contributed by atoms with Crippen molar-refractivity contribution in [2.75, 3.05) is 11.9 Å². The highest BCUT2D eigenvalue weighted by Gasteiger charge is 2.31. The number of ketones is 1. The van der Waals surface area contributed by atoms with Crippen LogP contribution in [0.5, 0.6) is 0 Å². The molecule has 0 aliphatic heterocycles. The van der Waals surface area contributed by atoms with Crippen LogP contribution in [0.25, 0.3) is 0 Å². The van der Waals surface area contributed by atoms with Gasteiger partial charge in [-0.05, 0) is 33.1 Å². The number of nitrogens with zero attached hydrogens (tertiary/aromatic N) is 2. The van der Waals surface area contributed by atoms with Gasteiger partial charge >= 0.3 is 0 Å². The normalized spacial score (nSPS) is 19.4. The molecule has 1 saturated carbocycles. The summed E-state index contributed by atoms with van der Waals surface area (Å²) in [4.78, 5) is 28.4. The van der Waals surface area contributed by atoms with Crippen molar-refractivity contribution in [3.05, 3.63) is 27.8 Å². The number of carbonyl (C=O) groups excluding carboxylic acids is 2. The minimum atomic E-state index is -0.0412. The molecule has 0 bridgehead atoms. The highest BCUT2D eigenvalue weighted by molar-refractivity contribution is 7.09. The second-order valence-electron chi connectivity index (χ2n) is 6.57. The van der Waals surface area contributed by atoms with Crippen LogP contribution >= 0.6 is 11.3 Å². The Kier molecular flexibility index (Phi) is 5.60. The van der Waals surface area contributed by atoms with Gasteiger partial charge in [0.15, 0.2) is 5.82 Å². The van der Waals surface area contributed by atoms with E-state index in [-0.39, 0.29) is 11.7 Å². The number of nitrogens with one attached hydrogen (secondary N) is 3. The van der Waals surface area contributed by atoms with Crippen LogP contribution in [0, 0.1) is 6.92 Å². The van der Waals surface area contributed by atoms with Gasteiger partial charge in [0.1, 0.15) is 5.78 Å². The lowest BCUT2D eigenvalue weighted by molar-refractivity contribution is -0.117. The Bertz CT molecular complexity index is 748. The van der Waals surface area contributed by atoms with Gasteiger partial charge < -0.3 is 10.6 Å². The van der Waals surface area contributed by atoms with Crippen LogP contribution in [0.15, 0.2) is 11.6 Å². The highest BCUT2D eigenvalue weighted by Crippen LogP contribution is 2.36. The van der Waals surface area contributed by atoms with E-state index in [1.807, 2.05) is 13.0 Å². The van der Waals surface area contributed by atoms with Crippen LogP contribution in [0.4, 0.5) is 5.82 Å². The standard InChI is InChI=1S/C17H23N5O2S/c1-10(23)8-18-13-5-12(6-13)14-7-16(22-21-14)20-17(24)4-3-15-11(2)19-9-25-15/h7,9,12-13,18H,3-6,8H2,1-2H3,(H2,20,21,22,24). The molecule has 1 aliphatic rings. The Labute approximate surface area is 150 Å². The number of hydrogen-bond acceptors (Lipinski definition) is 6. The Balaban J connectivity index is 1.42. The summed E-state index contributed by atoms with van der Waals surface area (Å²) in [5, 5.41) is 13.3. The summed E-state index contributed by atoms with van der Waals surface area (Å²) >= 11 is 1.58. The van der Waals surface area contributed by atoms with Gasteiger partial charge in [0, 0.05) is 35.0 Å². The molecule has 2 heterocycles. The van der Waals surface area contributed by atoms with Crippen molar-refractivity contribution in [2.45, 2.75) is 51.5 Å². The number of amides is 1. The first-order valence-electron chi connectivity index (χ1n) is 8.48. The smallest absolute Gasteiger partial charge is 0.225 e. The summed E-state index contributed by atoms with van der Waals surface area (Å²) in [7, 11) is 0. The largest absolute Gasteiger partial charge is 0.309 e. The van der Waals surface area contributed by atoms with Gasteiger partial charge in [-0.2, -0.15) is 5.10 Å². The maximum atomic E-state index is 12.1. The molecule has 0 atom stereocenters. The lowest BCUT2D eigenvalue weighted by atomic mass is 9.78. The molecule has 25 heavy (non-hydrogen) atoms. The minimum absolute atomic E-state index is 0.0412. The zero-order valence-electron chi connectivity index (χ0n) is 14.5. The summed E-state index contributed by atoms with van der Waals surface area (Å²) in [6.45, 7) is 3.98. The Morgan fingerprint density at radius 1 is 1.40 bits per heavy atom. The van der Waals surface area contributed by atoms with Crippen LogP contribution in [0.3, 0.4) is 0 Å². The third-order valence-corrected chi connectivity index (χ3v) is 5.50. The zero-order chi connectivity index (χ0) is 17.8. The fourth-order valence-corrected chi connectivity index (χ4v) is 3.72. The van der Waals surface area contributed by atoms with Gasteiger partial charge in [-0.15, -0.1) is 11.3 Å². The third-order valence-electron chi connectivity index (χ3n) is 4.51. The first-order valence-corrected chi connectivity index (χ1v) is 9.36. The van der Waals surface area contributed by atoms with Crippen LogP contribution in [0.1, 0.15) is 48.4 Å². The molecular formula is C17H23N5O2S. The van der Waals surface area contributed by atoms with E-state index in [4.69, 9.17) is 0 Å². The molecule has 0 saturated heterocycles. The molecule has 3 rings (SSSR count). The lowest BCUT2D eigenvalue weighted by Gasteiger charge is -2.35. The predicted octanol–water partition coefficient (Wildman–Crippen LogP) is 2.17. The Morgan fingerprint density at radius 2 is 2.20 bits per heavy atom. The van der Waals surface area contributed by atoms with E-state index in [0.717, 1.165) is 29.1 Å². The topological polar surface area (TPSA) is 99.8 Å². The van der Waals surface area contributed by atoms with Gasteiger partial charge in [0.25, 0.3) is 0 Å². The molecule has 134 valence electrons. The number of aryl methyl sites for hydroxylation is 2. The van der Waals surface area contributed by atoms with Crippen molar-refractivity contribution < 1.29 is 9.59 Å². The number of anilines is 1. The minimum Gasteiger partial charge on any atom is -0.309 e. The molecule has 1 aliphatic carbocycles. The molecule has 8 heteroatoms. The fourth-order valence-electron chi connectivity index (χ4n) is 2.93. The molecule has 3 N–H and O–H groups in total. The van der Waals surface area contributed by atoms with Crippen molar-refractivity contribution in [1.29, 1.82) is 0 Å². The average Bonchev–Trinajstić information content (AvgIpc) is 3.12. The van der Waals surface area contributed by atoms with Crippen molar-refractivity contribution in [1.82, 2.24) is 20.5 Å². The summed E-state index contributed by atoms with van der Waals surface area (Å²) in [6, 6.07) is 2.29. The van der Waals surface area contributed by atoms with E-state index in [2.05, 4.69) is 25.8 Å². The van der Waals surface area contributed by atoms with E-state index in [9.17, 15) is 9.59 Å². The van der Waals surface area contributed by atoms with Gasteiger partial charge in [0.2, 0.25) is 5.91 Å². The predicted molar refractivity (Wildman–Crippen MR) is 96.8 cm³/mol. The number of aromatic nitrogens is 3. The average molecular weight is 361 g/mol. The van der Waals surface area contributed by atoms with Gasteiger partial charge in [-0.25, -0.2) is 4.98 Å². The lowest BCUT2D eigenvalue weighted by Crippen LogP contribution is -2.42. The van der Waals surface area contributed by atoms with Gasteiger partial charge in [0.05, 0.1) is 17.7 Å². The monoisotopic (exact) mass is 361 g/mol. The molecule has 7 nitrogen and oxygen atoms in total. The van der Waals surface area contributed by atoms with Crippen LogP contribution in [-0.2, 0) is 16.0 Å². The maximum Gasteiger partial charge on any atom is 0.225 e. The maximum absolute atomic E-state index is 12.1. The summed E-state index contributed by atoms with van der Waals surface area (Å²) in [6.07, 6.45) is 3.08. The quantitative estimate of drug-likeness (QED) is 0.669. The van der Waals surface area contributed by atoms with E-state index in [1.165, 1.54) is 0 Å². The number of aromatic amines is 1. The van der Waals surface area contributed by atoms with Crippen molar-refractivity contribution in [3.8, 4) is 0 Å². The van der Waals surface area contributed by atoms with E-state index in [1.54, 1.807) is 23.8 Å². The summed E-state index contributed by atoms with van der Waals surface area (Å²) < 4.78 is 0. The molecule has 2 aromatic heterocycles. The molecule has 1 amide bonds. The van der Waals surface area contributed by atoms with Gasteiger partial charge in [-0.3, -0.25) is 14.7 Å². The SMILES string of the molecule is CC(=O)CNC1CC(c2cc(NC(=O)CCc3scnc3C)n[nH]2)C1. The molecular weight excluding hydrogens is 338 g/mol. The second kappa shape index (κ2) is 7.88. The van der Waals surface area contributed by atoms with Crippen LogP contribution in [0.2, 0.25) is 0 Å². The molecule has 0 radical (unpaired) electrons. The number of carbonyl (C=O) groups is 2. The first kappa shape index (κ1) is 17.8. The van der Waals surface area contributed by atoms with E-state index < -0.39 is 0 Å². The summed E-state index contributed by atoms with van der Waals surface area (Å²) in [5.41, 5.74) is 3.84. The van der Waals surface area contributed by atoms with Crippen LogP contribution in [-0.4, -0.2) is 39.5 Å². The third kappa shape index (κ3) is 4.73. The zero-order valence-corrected chi connectivity index (χ0v) is 15.3. The molecule has 0 unspecified atom stereocenters. The van der Waals surface area contributed by atoms with Crippen molar-refractivity contribution in [2.24, 2.45) is 0 Å². The number of H-pyrrole nitrogens is 1. The van der Waals surface area contributed by atoms with E-state index in [0.29, 0.717) is 37.2 Å². The number of hydrogen-bond donors (Lipinski definition) is 3. The molecule has 0 spiro atoms. The molecule has 2 aromatic rings. The van der Waals surface area contributed by atoms with Crippen molar-refractivity contribution in [3.63, 3.8) is 0 Å². The first-order chi connectivity index (χ1) is 12.0. The number of rotatable bonds is 8. The number of Topliss-reactive ketones (excluding diaryl/α,β-unsaturated/α-hetero) is 1. The van der Waals surface area contributed by atoms with Gasteiger partial charge in [-0.1, -0.05) is 0 Å². The Hall–Kier alpha value is -2.06. The van der Waals surface area contributed by atoms with E-state index >= 15 is 0 Å². The molecule has 0 aromatic carbocycles. The van der Waals surface area contributed by atoms with Crippen LogP contribution < -0.4 is 10.6 Å². The highest BCUT2D eigenvalue weighted by atomic mass is 32.1.